The second-order valence-corrected chi connectivity index (χ2v) is 6.90. The lowest BCUT2D eigenvalue weighted by Crippen LogP contribution is -2.45. The number of amides is 1. The normalized spacial score (nSPS) is 20.5. The van der Waals surface area contributed by atoms with Crippen molar-refractivity contribution in [3.63, 3.8) is 0 Å². The van der Waals surface area contributed by atoms with Crippen LogP contribution in [0.2, 0.25) is 0 Å². The Morgan fingerprint density at radius 1 is 1.23 bits per heavy atom. The van der Waals surface area contributed by atoms with Gasteiger partial charge in [-0.1, -0.05) is 18.2 Å². The molecule has 8 nitrogen and oxygen atoms in total. The Labute approximate surface area is 175 Å². The molecule has 0 aliphatic carbocycles. The van der Waals surface area contributed by atoms with Gasteiger partial charge in [0.15, 0.2) is 18.0 Å². The molecule has 1 N–H and O–H groups in total. The molecule has 0 saturated carbocycles. The number of carboxylic acid groups (broad SMARTS) is 1. The van der Waals surface area contributed by atoms with Crippen molar-refractivity contribution in [3.8, 4) is 22.9 Å². The van der Waals surface area contributed by atoms with E-state index >= 15 is 0 Å². The first-order valence-corrected chi connectivity index (χ1v) is 9.16. The molecule has 4 rings (SSSR count). The summed E-state index contributed by atoms with van der Waals surface area (Å²) in [6.07, 6.45) is -3.21. The maximum absolute atomic E-state index is 15.0. The van der Waals surface area contributed by atoms with Crippen LogP contribution >= 0.6 is 0 Å². The van der Waals surface area contributed by atoms with Crippen molar-refractivity contribution in [2.45, 2.75) is 12.2 Å². The first-order chi connectivity index (χ1) is 14.8. The molecule has 1 amide bonds. The van der Waals surface area contributed by atoms with E-state index in [1.54, 1.807) is 36.4 Å². The number of anilines is 1. The summed E-state index contributed by atoms with van der Waals surface area (Å²) in [6.45, 7) is -0.527. The lowest BCUT2D eigenvalue weighted by molar-refractivity contribution is -0.148. The van der Waals surface area contributed by atoms with Gasteiger partial charge in [0, 0.05) is 0 Å². The summed E-state index contributed by atoms with van der Waals surface area (Å²) in [6, 6.07) is 12.8. The van der Waals surface area contributed by atoms with Crippen molar-refractivity contribution in [3.05, 3.63) is 59.4 Å². The minimum atomic E-state index is -1.77. The van der Waals surface area contributed by atoms with Crippen LogP contribution in [0.1, 0.15) is 0 Å². The number of nitrogens with zero attached hydrogens (tertiary/aromatic N) is 2. The molecule has 2 unspecified atom stereocenters. The Balaban J connectivity index is 1.72. The molecule has 9 heteroatoms. The average molecular weight is 422 g/mol. The van der Waals surface area contributed by atoms with Gasteiger partial charge in [0.05, 0.1) is 36.6 Å². The summed E-state index contributed by atoms with van der Waals surface area (Å²) >= 11 is 0. The third kappa shape index (κ3) is 3.33. The molecule has 156 valence electrons. The van der Waals surface area contributed by atoms with Crippen LogP contribution in [-0.2, 0) is 19.1 Å². The van der Waals surface area contributed by atoms with E-state index in [1.807, 2.05) is 0 Å². The van der Waals surface area contributed by atoms with Gasteiger partial charge in [-0.3, -0.25) is 14.5 Å². The SMILES string of the molecule is COc1cccc(-c2ccc(N3CC(=O)C4=C(C3=O)C(C(=O)O)OC4C#N)c(F)c2)c1. The summed E-state index contributed by atoms with van der Waals surface area (Å²) in [5, 5.41) is 18.5. The fourth-order valence-corrected chi connectivity index (χ4v) is 3.70. The minimum Gasteiger partial charge on any atom is -0.497 e. The highest BCUT2D eigenvalue weighted by Gasteiger charge is 2.49. The van der Waals surface area contributed by atoms with Crippen LogP contribution in [0.3, 0.4) is 0 Å². The van der Waals surface area contributed by atoms with Crippen LogP contribution in [-0.4, -0.2) is 48.6 Å². The molecule has 2 atom stereocenters. The summed E-state index contributed by atoms with van der Waals surface area (Å²) in [4.78, 5) is 38.0. The minimum absolute atomic E-state index is 0.180. The zero-order valence-corrected chi connectivity index (χ0v) is 16.2. The number of carboxylic acids is 1. The molecule has 31 heavy (non-hydrogen) atoms. The van der Waals surface area contributed by atoms with Crippen LogP contribution in [0.4, 0.5) is 10.1 Å². The van der Waals surface area contributed by atoms with Gasteiger partial charge >= 0.3 is 5.97 Å². The lowest BCUT2D eigenvalue weighted by Gasteiger charge is -2.28. The average Bonchev–Trinajstić information content (AvgIpc) is 3.17. The number of ether oxygens (including phenoxy) is 2. The molecule has 0 spiro atoms. The highest BCUT2D eigenvalue weighted by atomic mass is 19.1. The summed E-state index contributed by atoms with van der Waals surface area (Å²) in [5.74, 6) is -3.24. The first kappa shape index (κ1) is 20.3. The predicted octanol–water partition coefficient (Wildman–Crippen LogP) is 2.09. The summed E-state index contributed by atoms with van der Waals surface area (Å²) in [5.41, 5.74) is 0.313. The fourth-order valence-electron chi connectivity index (χ4n) is 3.70. The number of carbonyl (C=O) groups is 3. The molecule has 0 radical (unpaired) electrons. The molecule has 2 aliphatic rings. The maximum atomic E-state index is 15.0. The molecule has 0 saturated heterocycles. The number of aliphatic carboxylic acids is 1. The first-order valence-electron chi connectivity index (χ1n) is 9.16. The zero-order chi connectivity index (χ0) is 22.3. The smallest absolute Gasteiger partial charge is 0.337 e. The monoisotopic (exact) mass is 422 g/mol. The zero-order valence-electron chi connectivity index (χ0n) is 16.2. The summed E-state index contributed by atoms with van der Waals surface area (Å²) in [7, 11) is 1.51. The molecule has 2 aromatic rings. The van der Waals surface area contributed by atoms with Crippen LogP contribution in [0.25, 0.3) is 11.1 Å². The number of hydrogen-bond donors (Lipinski definition) is 1. The second-order valence-electron chi connectivity index (χ2n) is 6.90. The number of halogens is 1. The van der Waals surface area contributed by atoms with Crippen molar-refractivity contribution in [2.75, 3.05) is 18.6 Å². The molecule has 2 aromatic carbocycles. The van der Waals surface area contributed by atoms with E-state index in [-0.39, 0.29) is 11.3 Å². The quantitative estimate of drug-likeness (QED) is 0.802. The van der Waals surface area contributed by atoms with Gasteiger partial charge in [-0.25, -0.2) is 9.18 Å². The van der Waals surface area contributed by atoms with E-state index in [1.165, 1.54) is 19.2 Å². The Kier molecular flexibility index (Phi) is 5.01. The van der Waals surface area contributed by atoms with Crippen LogP contribution in [0.15, 0.2) is 53.6 Å². The maximum Gasteiger partial charge on any atom is 0.337 e. The number of Topliss-reactive ketones (excluding diaryl/α,β-unsaturated/α-hetero) is 1. The van der Waals surface area contributed by atoms with Crippen LogP contribution < -0.4 is 9.64 Å². The van der Waals surface area contributed by atoms with Gasteiger partial charge in [-0.15, -0.1) is 0 Å². The van der Waals surface area contributed by atoms with Crippen molar-refractivity contribution >= 4 is 23.3 Å². The Bertz CT molecular complexity index is 1200. The molecular weight excluding hydrogens is 407 g/mol. The highest BCUT2D eigenvalue weighted by Crippen LogP contribution is 2.36. The molecule has 0 aromatic heterocycles. The Morgan fingerprint density at radius 2 is 1.97 bits per heavy atom. The number of hydrogen-bond acceptors (Lipinski definition) is 6. The van der Waals surface area contributed by atoms with Crippen molar-refractivity contribution < 1.29 is 33.4 Å². The standard InChI is InChI=1S/C22H15FN2O6/c1-30-13-4-2-3-11(7-13)12-5-6-15(14(23)8-12)25-10-16(26)18-17(9-24)31-20(22(28)29)19(18)21(25)27/h2-8,17,20H,10H2,1H3,(H,28,29). The number of methoxy groups -OCH3 is 1. The summed E-state index contributed by atoms with van der Waals surface area (Å²) < 4.78 is 25.2. The Hall–Kier alpha value is -4.03. The van der Waals surface area contributed by atoms with Gasteiger partial charge < -0.3 is 14.6 Å². The molecular formula is C22H15FN2O6. The third-order valence-corrected chi connectivity index (χ3v) is 5.15. The highest BCUT2D eigenvalue weighted by molar-refractivity contribution is 6.22. The van der Waals surface area contributed by atoms with E-state index in [2.05, 4.69) is 0 Å². The number of carbonyl (C=O) groups excluding carboxylic acids is 2. The van der Waals surface area contributed by atoms with Gasteiger partial charge in [-0.2, -0.15) is 5.26 Å². The largest absolute Gasteiger partial charge is 0.497 e. The van der Waals surface area contributed by atoms with Gasteiger partial charge in [0.1, 0.15) is 11.6 Å². The molecule has 0 bridgehead atoms. The topological polar surface area (TPSA) is 117 Å². The number of benzene rings is 2. The van der Waals surface area contributed by atoms with E-state index < -0.39 is 47.8 Å². The van der Waals surface area contributed by atoms with Gasteiger partial charge in [0.2, 0.25) is 0 Å². The molecule has 2 aliphatic heterocycles. The third-order valence-electron chi connectivity index (χ3n) is 5.15. The van der Waals surface area contributed by atoms with Crippen LogP contribution in [0.5, 0.6) is 5.75 Å². The van der Waals surface area contributed by atoms with E-state index in [4.69, 9.17) is 14.7 Å². The van der Waals surface area contributed by atoms with Gasteiger partial charge in [-0.05, 0) is 35.4 Å². The lowest BCUT2D eigenvalue weighted by atomic mass is 9.93. The van der Waals surface area contributed by atoms with E-state index in [0.29, 0.717) is 16.9 Å². The van der Waals surface area contributed by atoms with Crippen molar-refractivity contribution in [1.29, 1.82) is 5.26 Å². The number of nitriles is 1. The van der Waals surface area contributed by atoms with Crippen molar-refractivity contribution in [2.24, 2.45) is 0 Å². The van der Waals surface area contributed by atoms with Crippen molar-refractivity contribution in [1.82, 2.24) is 0 Å². The number of rotatable bonds is 4. The number of ketones is 1. The van der Waals surface area contributed by atoms with E-state index in [0.717, 1.165) is 4.90 Å². The Morgan fingerprint density at radius 3 is 2.61 bits per heavy atom. The fraction of sp³-hybridized carbons (Fsp3) is 0.182. The van der Waals surface area contributed by atoms with E-state index in [9.17, 15) is 23.9 Å². The van der Waals surface area contributed by atoms with Crippen LogP contribution in [0, 0.1) is 17.1 Å². The molecule has 2 heterocycles. The predicted molar refractivity (Wildman–Crippen MR) is 105 cm³/mol. The second kappa shape index (κ2) is 7.66. The van der Waals surface area contributed by atoms with Gasteiger partial charge in [0.25, 0.3) is 5.91 Å². The molecule has 0 fully saturated rings.